The van der Waals surface area contributed by atoms with Crippen LogP contribution in [0.1, 0.15) is 27.1 Å². The Bertz CT molecular complexity index is 1980. The number of amides is 2. The van der Waals surface area contributed by atoms with Gasteiger partial charge in [0.1, 0.15) is 17.6 Å². The second kappa shape index (κ2) is 9.72. The van der Waals surface area contributed by atoms with Crippen LogP contribution >= 0.6 is 11.3 Å². The van der Waals surface area contributed by atoms with Gasteiger partial charge in [0.25, 0.3) is 11.8 Å². The zero-order chi connectivity index (χ0) is 30.2. The van der Waals surface area contributed by atoms with Crippen LogP contribution in [0.2, 0.25) is 0 Å². The lowest BCUT2D eigenvalue weighted by Gasteiger charge is -2.52. The van der Waals surface area contributed by atoms with E-state index in [0.29, 0.717) is 34.8 Å². The number of rotatable bonds is 6. The van der Waals surface area contributed by atoms with Crippen LogP contribution in [0.15, 0.2) is 48.9 Å². The number of morpholine rings is 1. The highest BCUT2D eigenvalue weighted by Crippen LogP contribution is 2.45. The minimum atomic E-state index is -3.94. The molecule has 2 saturated heterocycles. The first-order valence-electron chi connectivity index (χ1n) is 13.5. The van der Waals surface area contributed by atoms with E-state index >= 15 is 0 Å². The summed E-state index contributed by atoms with van der Waals surface area (Å²) in [5, 5.41) is 10.2. The standard InChI is InChI=1S/C28H21F2N7O6S/c1-40-19-3-2-17-24(44-27(35-17)37-14-7-15(37)11-41-10-14)23(19)26(39)34-18-9-21-20(42-28(29,30)43-21)8-16(18)25(38)33-13-4-5-36-22(6-13)31-12-32-36/h2-6,8-9,12,14-15H,7,10-11H2,1H3,(H,33,38)(H,34,39). The fourth-order valence-electron chi connectivity index (χ4n) is 5.67. The smallest absolute Gasteiger partial charge is 0.496 e. The van der Waals surface area contributed by atoms with Crippen molar-refractivity contribution in [3.05, 3.63) is 60.0 Å². The molecule has 2 N–H and O–H groups in total. The van der Waals surface area contributed by atoms with E-state index in [0.717, 1.165) is 23.7 Å². The lowest BCUT2D eigenvalue weighted by atomic mass is 9.92. The van der Waals surface area contributed by atoms with E-state index in [9.17, 15) is 18.4 Å². The Balaban J connectivity index is 1.16. The first kappa shape index (κ1) is 26.5. The van der Waals surface area contributed by atoms with Crippen molar-refractivity contribution in [3.8, 4) is 17.2 Å². The fraction of sp³-hybridized carbons (Fsp3) is 0.250. The van der Waals surface area contributed by atoms with Crippen molar-refractivity contribution in [1.29, 1.82) is 0 Å². The number of methoxy groups -OCH3 is 1. The number of thiazole rings is 1. The summed E-state index contributed by atoms with van der Waals surface area (Å²) in [7, 11) is 1.44. The molecular weight excluding hydrogens is 600 g/mol. The van der Waals surface area contributed by atoms with Crippen molar-refractivity contribution < 1.29 is 37.3 Å². The van der Waals surface area contributed by atoms with Crippen LogP contribution in [0.3, 0.4) is 0 Å². The number of halogens is 2. The zero-order valence-electron chi connectivity index (χ0n) is 22.7. The maximum absolute atomic E-state index is 14.0. The first-order valence-corrected chi connectivity index (χ1v) is 14.3. The molecule has 13 nitrogen and oxygen atoms in total. The number of carbonyl (C=O) groups excluding carboxylic acids is 2. The quantitative estimate of drug-likeness (QED) is 0.284. The minimum Gasteiger partial charge on any atom is -0.496 e. The molecule has 0 radical (unpaired) electrons. The molecule has 2 amide bonds. The molecule has 2 aromatic carbocycles. The first-order chi connectivity index (χ1) is 21.3. The molecule has 44 heavy (non-hydrogen) atoms. The van der Waals surface area contributed by atoms with Crippen LogP contribution in [0.5, 0.6) is 17.2 Å². The Morgan fingerprint density at radius 2 is 1.86 bits per heavy atom. The molecule has 0 aliphatic carbocycles. The maximum atomic E-state index is 14.0. The molecule has 3 aromatic heterocycles. The van der Waals surface area contributed by atoms with Gasteiger partial charge < -0.3 is 34.5 Å². The number of fused-ring (bicyclic) bond motifs is 5. The summed E-state index contributed by atoms with van der Waals surface area (Å²) in [4.78, 5) is 38.5. The van der Waals surface area contributed by atoms with Crippen molar-refractivity contribution in [3.63, 3.8) is 0 Å². The van der Waals surface area contributed by atoms with Crippen LogP contribution in [-0.2, 0) is 4.74 Å². The van der Waals surface area contributed by atoms with Crippen molar-refractivity contribution in [1.82, 2.24) is 19.6 Å². The van der Waals surface area contributed by atoms with Crippen LogP contribution in [0.4, 0.5) is 25.3 Å². The monoisotopic (exact) mass is 621 g/mol. The van der Waals surface area contributed by atoms with Gasteiger partial charge in [0.05, 0.1) is 53.9 Å². The van der Waals surface area contributed by atoms with Gasteiger partial charge >= 0.3 is 6.29 Å². The molecule has 2 atom stereocenters. The fourth-order valence-corrected chi connectivity index (χ4v) is 6.92. The topological polar surface area (TPSA) is 141 Å². The molecule has 2 unspecified atom stereocenters. The second-order valence-electron chi connectivity index (χ2n) is 10.4. The molecule has 224 valence electrons. The van der Waals surface area contributed by atoms with Crippen LogP contribution in [0.25, 0.3) is 15.9 Å². The Morgan fingerprint density at radius 3 is 2.64 bits per heavy atom. The highest BCUT2D eigenvalue weighted by Gasteiger charge is 2.45. The van der Waals surface area contributed by atoms with E-state index in [4.69, 9.17) is 14.5 Å². The normalized spacial score (nSPS) is 19.6. The number of pyridine rings is 1. The summed E-state index contributed by atoms with van der Waals surface area (Å²) in [6.45, 7) is 1.23. The third-order valence-corrected chi connectivity index (χ3v) is 8.80. The second-order valence-corrected chi connectivity index (χ2v) is 11.4. The van der Waals surface area contributed by atoms with Gasteiger partial charge in [-0.25, -0.2) is 14.5 Å². The molecule has 8 rings (SSSR count). The Hall–Kier alpha value is -5.09. The average molecular weight is 622 g/mol. The van der Waals surface area contributed by atoms with Crippen molar-refractivity contribution in [2.75, 3.05) is 35.9 Å². The number of ether oxygens (including phenoxy) is 4. The Morgan fingerprint density at radius 1 is 1.07 bits per heavy atom. The third kappa shape index (κ3) is 4.32. The van der Waals surface area contributed by atoms with Gasteiger partial charge in [0.2, 0.25) is 0 Å². The minimum absolute atomic E-state index is 0.0886. The van der Waals surface area contributed by atoms with E-state index in [1.54, 1.807) is 30.5 Å². The van der Waals surface area contributed by atoms with Gasteiger partial charge in [-0.15, -0.1) is 8.78 Å². The van der Waals surface area contributed by atoms with E-state index < -0.39 is 18.1 Å². The number of alkyl halides is 2. The highest BCUT2D eigenvalue weighted by atomic mass is 32.1. The number of anilines is 3. The van der Waals surface area contributed by atoms with E-state index in [2.05, 4.69) is 35.1 Å². The number of nitrogens with one attached hydrogen (secondary N) is 2. The van der Waals surface area contributed by atoms with Gasteiger partial charge in [-0.1, -0.05) is 11.3 Å². The third-order valence-electron chi connectivity index (χ3n) is 7.70. The molecule has 0 saturated carbocycles. The summed E-state index contributed by atoms with van der Waals surface area (Å²) >= 11 is 1.35. The number of hydrogen-bond donors (Lipinski definition) is 2. The number of hydrogen-bond acceptors (Lipinski definition) is 11. The molecule has 3 aliphatic heterocycles. The van der Waals surface area contributed by atoms with Crippen molar-refractivity contribution in [2.45, 2.75) is 24.8 Å². The van der Waals surface area contributed by atoms with Crippen molar-refractivity contribution in [2.24, 2.45) is 0 Å². The average Bonchev–Trinajstić information content (AvgIpc) is 3.71. The van der Waals surface area contributed by atoms with E-state index in [1.165, 1.54) is 29.3 Å². The van der Waals surface area contributed by atoms with Gasteiger partial charge in [-0.2, -0.15) is 5.10 Å². The molecule has 2 fully saturated rings. The van der Waals surface area contributed by atoms with Gasteiger partial charge in [0, 0.05) is 24.0 Å². The lowest BCUT2D eigenvalue weighted by molar-refractivity contribution is -0.286. The van der Waals surface area contributed by atoms with Crippen LogP contribution in [-0.4, -0.2) is 70.1 Å². The number of carbonyl (C=O) groups is 2. The van der Waals surface area contributed by atoms with Gasteiger partial charge in [-0.3, -0.25) is 9.59 Å². The lowest BCUT2D eigenvalue weighted by Crippen LogP contribution is -2.64. The van der Waals surface area contributed by atoms with Gasteiger partial charge in [-0.05, 0) is 30.7 Å². The maximum Gasteiger partial charge on any atom is 0.586 e. The summed E-state index contributed by atoms with van der Waals surface area (Å²) in [5.74, 6) is -1.77. The number of benzene rings is 2. The molecule has 16 heteroatoms. The van der Waals surface area contributed by atoms with E-state index in [1.807, 2.05) is 0 Å². The molecule has 5 aromatic rings. The Kier molecular flexibility index (Phi) is 5.86. The molecular formula is C28H21F2N7O6S. The summed E-state index contributed by atoms with van der Waals surface area (Å²) < 4.78 is 50.3. The largest absolute Gasteiger partial charge is 0.586 e. The summed E-state index contributed by atoms with van der Waals surface area (Å²) in [6, 6.07) is 9.24. The summed E-state index contributed by atoms with van der Waals surface area (Å²) in [6.07, 6.45) is 0.0352. The predicted molar refractivity (Wildman–Crippen MR) is 153 cm³/mol. The van der Waals surface area contributed by atoms with E-state index in [-0.39, 0.29) is 46.1 Å². The molecule has 3 aliphatic rings. The number of aromatic nitrogens is 4. The highest BCUT2D eigenvalue weighted by molar-refractivity contribution is 7.22. The molecule has 6 heterocycles. The van der Waals surface area contributed by atoms with Crippen LogP contribution in [0, 0.1) is 0 Å². The number of nitrogens with zero attached hydrogens (tertiary/aromatic N) is 5. The molecule has 0 spiro atoms. The SMILES string of the molecule is COc1ccc2nc(N3C4COCC3C4)sc2c1C(=O)Nc1cc2c(cc1C(=O)Nc1ccn3ncnc3c1)OC(F)(F)O2. The van der Waals surface area contributed by atoms with Gasteiger partial charge in [0.15, 0.2) is 22.3 Å². The zero-order valence-corrected chi connectivity index (χ0v) is 23.6. The predicted octanol–water partition coefficient (Wildman–Crippen LogP) is 4.15. The van der Waals surface area contributed by atoms with Crippen LogP contribution < -0.4 is 29.7 Å². The van der Waals surface area contributed by atoms with Crippen molar-refractivity contribution >= 4 is 55.5 Å². The summed E-state index contributed by atoms with van der Waals surface area (Å²) in [5.41, 5.74) is 1.37. The Labute approximate surface area is 250 Å². The molecule has 2 bridgehead atoms.